The molecule has 0 bridgehead atoms. The van der Waals surface area contributed by atoms with Crippen molar-refractivity contribution in [1.29, 1.82) is 0 Å². The zero-order valence-corrected chi connectivity index (χ0v) is 21.0. The van der Waals surface area contributed by atoms with Gasteiger partial charge in [-0.1, -0.05) is 26.8 Å². The molecule has 1 saturated heterocycles. The fourth-order valence-electron chi connectivity index (χ4n) is 3.18. The van der Waals surface area contributed by atoms with E-state index < -0.39 is 0 Å². The summed E-state index contributed by atoms with van der Waals surface area (Å²) in [6, 6.07) is 4.28. The molecule has 0 unspecified atom stereocenters. The fourth-order valence-corrected chi connectivity index (χ4v) is 4.08. The van der Waals surface area contributed by atoms with E-state index in [4.69, 9.17) is 0 Å². The number of aliphatic imine (C=N–C) groups is 1. The van der Waals surface area contributed by atoms with Crippen molar-refractivity contribution in [3.05, 3.63) is 40.0 Å². The number of piperidine rings is 1. The number of hydrogen-bond donors (Lipinski definition) is 2. The maximum atomic E-state index is 4.66. The van der Waals surface area contributed by atoms with Crippen molar-refractivity contribution in [2.45, 2.75) is 52.6 Å². The SMILES string of the molecule is CN=C(NCc1ccc(N2CCC(C)CC2)nc1)NCc1nc(C(C)C)cs1.I. The van der Waals surface area contributed by atoms with Gasteiger partial charge in [0, 0.05) is 38.3 Å². The zero-order valence-electron chi connectivity index (χ0n) is 17.8. The smallest absolute Gasteiger partial charge is 0.191 e. The Labute approximate surface area is 195 Å². The third-order valence-corrected chi connectivity index (χ3v) is 6.04. The van der Waals surface area contributed by atoms with E-state index in [0.29, 0.717) is 19.0 Å². The van der Waals surface area contributed by atoms with Crippen LogP contribution in [0.3, 0.4) is 0 Å². The maximum absolute atomic E-state index is 4.66. The second-order valence-electron chi connectivity index (χ2n) is 7.79. The molecule has 0 aromatic carbocycles. The van der Waals surface area contributed by atoms with E-state index in [1.807, 2.05) is 6.20 Å². The fraction of sp³-hybridized carbons (Fsp3) is 0.571. The van der Waals surface area contributed by atoms with Crippen LogP contribution in [0.4, 0.5) is 5.82 Å². The molecule has 0 amide bonds. The van der Waals surface area contributed by atoms with Crippen molar-refractivity contribution < 1.29 is 0 Å². The number of aromatic nitrogens is 2. The minimum absolute atomic E-state index is 0. The summed E-state index contributed by atoms with van der Waals surface area (Å²) >= 11 is 1.69. The second-order valence-corrected chi connectivity index (χ2v) is 8.74. The molecule has 3 heterocycles. The highest BCUT2D eigenvalue weighted by Crippen LogP contribution is 2.21. The van der Waals surface area contributed by atoms with Crippen LogP contribution >= 0.6 is 35.3 Å². The molecule has 2 aromatic rings. The molecule has 0 radical (unpaired) electrons. The van der Waals surface area contributed by atoms with E-state index in [0.717, 1.165) is 47.0 Å². The lowest BCUT2D eigenvalue weighted by Gasteiger charge is -2.31. The number of hydrogen-bond acceptors (Lipinski definition) is 5. The second kappa shape index (κ2) is 11.7. The summed E-state index contributed by atoms with van der Waals surface area (Å²) in [5, 5.41) is 9.90. The molecule has 0 atom stereocenters. The minimum atomic E-state index is 0. The van der Waals surface area contributed by atoms with Crippen molar-refractivity contribution in [2.75, 3.05) is 25.0 Å². The van der Waals surface area contributed by atoms with Gasteiger partial charge in [-0.3, -0.25) is 4.99 Å². The van der Waals surface area contributed by atoms with E-state index in [1.54, 1.807) is 18.4 Å². The molecule has 0 saturated carbocycles. The molecule has 2 aromatic heterocycles. The molecule has 8 heteroatoms. The van der Waals surface area contributed by atoms with Gasteiger partial charge >= 0.3 is 0 Å². The monoisotopic (exact) mass is 528 g/mol. The highest BCUT2D eigenvalue weighted by atomic mass is 127. The topological polar surface area (TPSA) is 65.4 Å². The summed E-state index contributed by atoms with van der Waals surface area (Å²) in [4.78, 5) is 16.0. The Bertz CT molecular complexity index is 766. The molecule has 160 valence electrons. The average Bonchev–Trinajstić information content (AvgIpc) is 3.19. The first kappa shape index (κ1) is 23.9. The predicted molar refractivity (Wildman–Crippen MR) is 134 cm³/mol. The normalized spacial score (nSPS) is 15.3. The molecule has 2 N–H and O–H groups in total. The van der Waals surface area contributed by atoms with E-state index in [2.05, 4.69) is 68.8 Å². The molecule has 3 rings (SSSR count). The molecule has 29 heavy (non-hydrogen) atoms. The number of nitrogens with zero attached hydrogens (tertiary/aromatic N) is 4. The number of halogens is 1. The first-order valence-corrected chi connectivity index (χ1v) is 11.0. The third-order valence-electron chi connectivity index (χ3n) is 5.17. The summed E-state index contributed by atoms with van der Waals surface area (Å²) < 4.78 is 0. The van der Waals surface area contributed by atoms with Crippen molar-refractivity contribution in [1.82, 2.24) is 20.6 Å². The number of guanidine groups is 1. The van der Waals surface area contributed by atoms with Gasteiger partial charge in [0.25, 0.3) is 0 Å². The Morgan fingerprint density at radius 3 is 2.55 bits per heavy atom. The Morgan fingerprint density at radius 2 is 1.97 bits per heavy atom. The summed E-state index contributed by atoms with van der Waals surface area (Å²) in [5.74, 6) is 3.16. The molecule has 0 spiro atoms. The molecule has 1 aliphatic heterocycles. The average molecular weight is 529 g/mol. The molecule has 0 aliphatic carbocycles. The van der Waals surface area contributed by atoms with Crippen molar-refractivity contribution in [2.24, 2.45) is 10.9 Å². The standard InChI is InChI=1S/C21H32N6S.HI/c1-15(2)18-14-28-20(26-18)13-25-21(22-4)24-12-17-5-6-19(23-11-17)27-9-7-16(3)8-10-27;/h5-6,11,14-16H,7-10,12-13H2,1-4H3,(H2,22,24,25);1H. The van der Waals surface area contributed by atoms with Crippen LogP contribution in [0, 0.1) is 5.92 Å². The number of rotatable bonds is 6. The van der Waals surface area contributed by atoms with Gasteiger partial charge in [-0.15, -0.1) is 35.3 Å². The van der Waals surface area contributed by atoms with Gasteiger partial charge in [0.2, 0.25) is 0 Å². The lowest BCUT2D eigenvalue weighted by Crippen LogP contribution is -2.36. The van der Waals surface area contributed by atoms with Crippen LogP contribution in [-0.4, -0.2) is 36.1 Å². The van der Waals surface area contributed by atoms with Gasteiger partial charge in [0.05, 0.1) is 12.2 Å². The predicted octanol–water partition coefficient (Wildman–Crippen LogP) is 4.38. The highest BCUT2D eigenvalue weighted by molar-refractivity contribution is 14.0. The van der Waals surface area contributed by atoms with Crippen molar-refractivity contribution in [3.8, 4) is 0 Å². The van der Waals surface area contributed by atoms with Crippen LogP contribution in [0.15, 0.2) is 28.7 Å². The number of nitrogens with one attached hydrogen (secondary N) is 2. The first-order chi connectivity index (χ1) is 13.5. The lowest BCUT2D eigenvalue weighted by atomic mass is 9.99. The number of pyridine rings is 1. The van der Waals surface area contributed by atoms with Crippen LogP contribution < -0.4 is 15.5 Å². The van der Waals surface area contributed by atoms with Crippen LogP contribution in [0.1, 0.15) is 55.8 Å². The molecular formula is C21H33IN6S. The number of thiazole rings is 1. The summed E-state index contributed by atoms with van der Waals surface area (Å²) in [6.45, 7) is 10.3. The Morgan fingerprint density at radius 1 is 1.24 bits per heavy atom. The van der Waals surface area contributed by atoms with E-state index in [-0.39, 0.29) is 24.0 Å². The van der Waals surface area contributed by atoms with E-state index >= 15 is 0 Å². The quantitative estimate of drug-likeness (QED) is 0.331. The van der Waals surface area contributed by atoms with Gasteiger partial charge < -0.3 is 15.5 Å². The lowest BCUT2D eigenvalue weighted by molar-refractivity contribution is 0.436. The summed E-state index contributed by atoms with van der Waals surface area (Å²) in [6.07, 6.45) is 4.47. The molecular weight excluding hydrogens is 495 g/mol. The molecule has 1 fully saturated rings. The van der Waals surface area contributed by atoms with Crippen LogP contribution in [0.5, 0.6) is 0 Å². The minimum Gasteiger partial charge on any atom is -0.357 e. The Hall–Kier alpha value is -1.42. The largest absolute Gasteiger partial charge is 0.357 e. The summed E-state index contributed by atoms with van der Waals surface area (Å²) in [5.41, 5.74) is 2.30. The van der Waals surface area contributed by atoms with Crippen molar-refractivity contribution in [3.63, 3.8) is 0 Å². The highest BCUT2D eigenvalue weighted by Gasteiger charge is 2.16. The maximum Gasteiger partial charge on any atom is 0.191 e. The first-order valence-electron chi connectivity index (χ1n) is 10.1. The van der Waals surface area contributed by atoms with Crippen LogP contribution in [-0.2, 0) is 13.1 Å². The molecule has 6 nitrogen and oxygen atoms in total. The van der Waals surface area contributed by atoms with E-state index in [1.165, 1.54) is 12.8 Å². The van der Waals surface area contributed by atoms with Gasteiger partial charge in [0.15, 0.2) is 5.96 Å². The van der Waals surface area contributed by atoms with Gasteiger partial charge in [-0.2, -0.15) is 0 Å². The van der Waals surface area contributed by atoms with Gasteiger partial charge in [-0.25, -0.2) is 9.97 Å². The summed E-state index contributed by atoms with van der Waals surface area (Å²) in [7, 11) is 1.79. The zero-order chi connectivity index (χ0) is 19.9. The Kier molecular flexibility index (Phi) is 9.61. The van der Waals surface area contributed by atoms with Crippen LogP contribution in [0.2, 0.25) is 0 Å². The van der Waals surface area contributed by atoms with Gasteiger partial charge in [-0.05, 0) is 36.3 Å². The Balaban J connectivity index is 0.00000300. The van der Waals surface area contributed by atoms with Crippen LogP contribution in [0.25, 0.3) is 0 Å². The van der Waals surface area contributed by atoms with Gasteiger partial charge in [0.1, 0.15) is 10.8 Å². The van der Waals surface area contributed by atoms with Crippen molar-refractivity contribution >= 4 is 47.1 Å². The molecule has 1 aliphatic rings. The number of anilines is 1. The third kappa shape index (κ3) is 7.09. The van der Waals surface area contributed by atoms with E-state index in [9.17, 15) is 0 Å².